The minimum Gasteiger partial charge on any atom is -0.591 e. The number of aromatic nitrogens is 2. The van der Waals surface area contributed by atoms with Crippen molar-refractivity contribution in [1.29, 1.82) is 0 Å². The van der Waals surface area contributed by atoms with Crippen molar-refractivity contribution in [3.8, 4) is 0 Å². The Balaban J connectivity index is 2.90. The van der Waals surface area contributed by atoms with Gasteiger partial charge in [0.2, 0.25) is 0 Å². The van der Waals surface area contributed by atoms with E-state index in [4.69, 9.17) is 0 Å². The van der Waals surface area contributed by atoms with E-state index >= 15 is 0 Å². The van der Waals surface area contributed by atoms with E-state index < -0.39 is 43.9 Å². The van der Waals surface area contributed by atoms with E-state index in [0.717, 1.165) is 18.4 Å². The summed E-state index contributed by atoms with van der Waals surface area (Å²) in [5, 5.41) is 3.28. The SMILES string of the molecule is CN(C)S(=O)(=O)n1nc(C(F)(F)F)cc1/C(=N/[S+]([O-])C(C)(C)C)c1cccc(Br)c1. The van der Waals surface area contributed by atoms with Crippen LogP contribution in [0.4, 0.5) is 13.2 Å². The van der Waals surface area contributed by atoms with Crippen molar-refractivity contribution in [3.63, 3.8) is 0 Å². The van der Waals surface area contributed by atoms with E-state index in [9.17, 15) is 26.1 Å². The summed E-state index contributed by atoms with van der Waals surface area (Å²) in [6, 6.07) is 6.92. The highest BCUT2D eigenvalue weighted by molar-refractivity contribution is 9.10. The Hall–Kier alpha value is -1.41. The third-order valence-corrected chi connectivity index (χ3v) is 7.21. The maximum absolute atomic E-state index is 13.4. The molecule has 1 heterocycles. The Labute approximate surface area is 184 Å². The van der Waals surface area contributed by atoms with Crippen molar-refractivity contribution in [2.75, 3.05) is 14.1 Å². The first-order valence-electron chi connectivity index (χ1n) is 8.42. The first-order chi connectivity index (χ1) is 13.5. The fourth-order valence-corrected chi connectivity index (χ4v) is 4.02. The van der Waals surface area contributed by atoms with Crippen LogP contribution < -0.4 is 0 Å². The van der Waals surface area contributed by atoms with Gasteiger partial charge in [0, 0.05) is 24.1 Å². The molecule has 0 amide bonds. The number of alkyl halides is 3. The fraction of sp³-hybridized carbons (Fsp3) is 0.412. The second-order valence-electron chi connectivity index (χ2n) is 7.36. The van der Waals surface area contributed by atoms with Crippen LogP contribution >= 0.6 is 15.9 Å². The molecule has 166 valence electrons. The van der Waals surface area contributed by atoms with Gasteiger partial charge in [-0.15, -0.1) is 4.09 Å². The highest BCUT2D eigenvalue weighted by Crippen LogP contribution is 2.31. The van der Waals surface area contributed by atoms with Crippen LogP contribution in [0.3, 0.4) is 0 Å². The lowest BCUT2D eigenvalue weighted by Gasteiger charge is -2.20. The van der Waals surface area contributed by atoms with Crippen molar-refractivity contribution < 1.29 is 26.1 Å². The predicted octanol–water partition coefficient (Wildman–Crippen LogP) is 3.62. The Morgan fingerprint density at radius 1 is 1.23 bits per heavy atom. The molecule has 0 radical (unpaired) electrons. The smallest absolute Gasteiger partial charge is 0.435 e. The second kappa shape index (κ2) is 8.61. The van der Waals surface area contributed by atoms with Gasteiger partial charge < -0.3 is 4.55 Å². The van der Waals surface area contributed by atoms with Gasteiger partial charge in [0.1, 0.15) is 27.5 Å². The van der Waals surface area contributed by atoms with Crippen LogP contribution in [0.5, 0.6) is 0 Å². The molecule has 0 saturated heterocycles. The Morgan fingerprint density at radius 2 is 1.83 bits per heavy atom. The number of halogens is 4. The third-order valence-electron chi connectivity index (χ3n) is 3.69. The molecule has 0 bridgehead atoms. The Morgan fingerprint density at radius 3 is 2.30 bits per heavy atom. The lowest BCUT2D eigenvalue weighted by atomic mass is 10.1. The fourth-order valence-electron chi connectivity index (χ4n) is 2.10. The first-order valence-corrected chi connectivity index (χ1v) is 11.7. The van der Waals surface area contributed by atoms with Gasteiger partial charge in [-0.1, -0.05) is 32.5 Å². The molecule has 0 aliphatic carbocycles. The molecule has 2 rings (SSSR count). The lowest BCUT2D eigenvalue weighted by Crippen LogP contribution is -2.33. The normalized spacial score (nSPS) is 15.0. The molecule has 2 aromatic rings. The minimum atomic E-state index is -4.90. The van der Waals surface area contributed by atoms with Crippen LogP contribution in [0.1, 0.15) is 37.7 Å². The third kappa shape index (κ3) is 5.44. The molecule has 0 aliphatic heterocycles. The van der Waals surface area contributed by atoms with Crippen LogP contribution in [0, 0.1) is 0 Å². The summed E-state index contributed by atoms with van der Waals surface area (Å²) in [5.74, 6) is 0. The molecule has 13 heteroatoms. The number of hydrogen-bond acceptors (Lipinski definition) is 5. The van der Waals surface area contributed by atoms with E-state index in [1.54, 1.807) is 32.9 Å². The van der Waals surface area contributed by atoms with E-state index in [0.29, 0.717) is 10.5 Å². The summed E-state index contributed by atoms with van der Waals surface area (Å²) >= 11 is 1.38. The van der Waals surface area contributed by atoms with Gasteiger partial charge in [-0.2, -0.15) is 31.0 Å². The van der Waals surface area contributed by atoms with Gasteiger partial charge in [-0.25, -0.2) is 0 Å². The zero-order valence-electron chi connectivity index (χ0n) is 16.7. The lowest BCUT2D eigenvalue weighted by molar-refractivity contribution is -0.141. The molecule has 0 N–H and O–H groups in total. The van der Waals surface area contributed by atoms with E-state index in [2.05, 4.69) is 25.4 Å². The second-order valence-corrected chi connectivity index (χ2v) is 12.2. The summed E-state index contributed by atoms with van der Waals surface area (Å²) in [5.41, 5.74) is -1.79. The quantitative estimate of drug-likeness (QED) is 0.437. The van der Waals surface area contributed by atoms with Crippen molar-refractivity contribution in [1.82, 2.24) is 13.5 Å². The maximum Gasteiger partial charge on any atom is 0.435 e. The van der Waals surface area contributed by atoms with Gasteiger partial charge in [0.25, 0.3) is 0 Å². The molecular weight excluding hydrogens is 509 g/mol. The molecule has 0 saturated carbocycles. The zero-order valence-corrected chi connectivity index (χ0v) is 19.9. The maximum atomic E-state index is 13.4. The zero-order chi connectivity index (χ0) is 23.1. The predicted molar refractivity (Wildman–Crippen MR) is 113 cm³/mol. The molecule has 1 aromatic carbocycles. The van der Waals surface area contributed by atoms with Gasteiger partial charge in [0.05, 0.1) is 0 Å². The summed E-state index contributed by atoms with van der Waals surface area (Å²) in [6.07, 6.45) is -4.90. The molecular formula is C17H20BrF3N4O3S2. The van der Waals surface area contributed by atoms with Crippen LogP contribution in [0.25, 0.3) is 0 Å². The van der Waals surface area contributed by atoms with E-state index in [1.807, 2.05) is 0 Å². The first kappa shape index (κ1) is 24.9. The van der Waals surface area contributed by atoms with Gasteiger partial charge >= 0.3 is 16.4 Å². The average Bonchev–Trinajstić information content (AvgIpc) is 3.04. The highest BCUT2D eigenvalue weighted by Gasteiger charge is 2.39. The van der Waals surface area contributed by atoms with Crippen molar-refractivity contribution in [2.24, 2.45) is 4.40 Å². The monoisotopic (exact) mass is 528 g/mol. The standard InChI is InChI=1S/C17H20BrF3N4O3S2/c1-16(2,3)29(26)23-15(11-7-6-8-12(18)9-11)13-10-14(17(19,20)21)22-25(13)30(27,28)24(4)5/h6-10H,1-5H3/b23-15+. The average molecular weight is 529 g/mol. The summed E-state index contributed by atoms with van der Waals surface area (Å²) in [4.78, 5) is 0. The number of benzene rings is 1. The van der Waals surface area contributed by atoms with Gasteiger partial charge in [-0.3, -0.25) is 0 Å². The molecule has 0 aliphatic rings. The molecule has 0 fully saturated rings. The molecule has 0 spiro atoms. The largest absolute Gasteiger partial charge is 0.591 e. The summed E-state index contributed by atoms with van der Waals surface area (Å²) < 4.78 is 83.0. The summed E-state index contributed by atoms with van der Waals surface area (Å²) in [6.45, 7) is 4.92. The molecule has 7 nitrogen and oxygen atoms in total. The number of nitrogens with zero attached hydrogens (tertiary/aromatic N) is 4. The topological polar surface area (TPSA) is 90.6 Å². The van der Waals surface area contributed by atoms with Crippen molar-refractivity contribution >= 4 is 43.2 Å². The molecule has 30 heavy (non-hydrogen) atoms. The van der Waals surface area contributed by atoms with Gasteiger partial charge in [-0.05, 0) is 39.0 Å². The van der Waals surface area contributed by atoms with E-state index in [-0.39, 0.29) is 15.4 Å². The molecule has 1 unspecified atom stereocenters. The van der Waals surface area contributed by atoms with Crippen molar-refractivity contribution in [2.45, 2.75) is 31.7 Å². The number of hydrogen-bond donors (Lipinski definition) is 0. The summed E-state index contributed by atoms with van der Waals surface area (Å²) in [7, 11) is -2.11. The van der Waals surface area contributed by atoms with E-state index in [1.165, 1.54) is 12.1 Å². The van der Waals surface area contributed by atoms with Crippen LogP contribution in [-0.4, -0.2) is 51.0 Å². The van der Waals surface area contributed by atoms with Crippen LogP contribution in [0.15, 0.2) is 39.2 Å². The Bertz CT molecular complexity index is 1060. The Kier molecular flexibility index (Phi) is 7.14. The highest BCUT2D eigenvalue weighted by atomic mass is 79.9. The van der Waals surface area contributed by atoms with Gasteiger partial charge in [0.15, 0.2) is 5.69 Å². The van der Waals surface area contributed by atoms with Crippen molar-refractivity contribution in [3.05, 3.63) is 51.8 Å². The van der Waals surface area contributed by atoms with Crippen LogP contribution in [-0.2, 0) is 27.7 Å². The molecule has 1 aromatic heterocycles. The van der Waals surface area contributed by atoms with Crippen LogP contribution in [0.2, 0.25) is 0 Å². The molecule has 1 atom stereocenters. The number of rotatable bonds is 5. The minimum absolute atomic E-state index is 0.196.